The van der Waals surface area contributed by atoms with Crippen molar-refractivity contribution < 1.29 is 14.3 Å². The molecule has 0 saturated heterocycles. The maximum Gasteiger partial charge on any atom is 0.278 e. The van der Waals surface area contributed by atoms with Crippen LogP contribution in [0.15, 0.2) is 78.5 Å². The van der Waals surface area contributed by atoms with Crippen LogP contribution in [-0.2, 0) is 16.0 Å². The quantitative estimate of drug-likeness (QED) is 0.554. The molecule has 5 heteroatoms. The number of rotatable bonds is 7. The van der Waals surface area contributed by atoms with E-state index in [1.807, 2.05) is 74.5 Å². The molecule has 2 amide bonds. The number of nitrogens with zero attached hydrogens (tertiary/aromatic N) is 1. The Balaban J connectivity index is 1.70. The zero-order chi connectivity index (χ0) is 22.7. The normalized spacial score (nSPS) is 13.7. The maximum atomic E-state index is 13.4. The number of imide groups is 1. The molecule has 0 saturated carbocycles. The van der Waals surface area contributed by atoms with Crippen LogP contribution >= 0.6 is 0 Å². The summed E-state index contributed by atoms with van der Waals surface area (Å²) in [6, 6.07) is 23.1. The Labute approximate surface area is 188 Å². The van der Waals surface area contributed by atoms with E-state index in [4.69, 9.17) is 4.74 Å². The average molecular weight is 427 g/mol. The molecule has 0 aliphatic carbocycles. The van der Waals surface area contributed by atoms with Crippen molar-refractivity contribution in [1.29, 1.82) is 0 Å². The highest BCUT2D eigenvalue weighted by molar-refractivity contribution is 6.36. The number of methoxy groups -OCH3 is 1. The van der Waals surface area contributed by atoms with E-state index in [1.54, 1.807) is 19.2 Å². The maximum absolute atomic E-state index is 13.4. The van der Waals surface area contributed by atoms with Crippen LogP contribution in [-0.4, -0.2) is 30.4 Å². The molecule has 0 fully saturated rings. The van der Waals surface area contributed by atoms with E-state index in [2.05, 4.69) is 5.32 Å². The third-order valence-electron chi connectivity index (χ3n) is 5.67. The smallest absolute Gasteiger partial charge is 0.278 e. The van der Waals surface area contributed by atoms with E-state index < -0.39 is 0 Å². The third-order valence-corrected chi connectivity index (χ3v) is 5.67. The van der Waals surface area contributed by atoms with Crippen LogP contribution in [0.2, 0.25) is 0 Å². The first kappa shape index (κ1) is 21.4. The molecule has 0 unspecified atom stereocenters. The summed E-state index contributed by atoms with van der Waals surface area (Å²) >= 11 is 0. The fourth-order valence-corrected chi connectivity index (χ4v) is 3.81. The largest absolute Gasteiger partial charge is 0.497 e. The average Bonchev–Trinajstić information content (AvgIpc) is 3.04. The van der Waals surface area contributed by atoms with Gasteiger partial charge in [0.2, 0.25) is 0 Å². The number of amides is 2. The molecule has 1 aliphatic rings. The van der Waals surface area contributed by atoms with Gasteiger partial charge in [0.05, 0.1) is 12.7 Å². The van der Waals surface area contributed by atoms with Gasteiger partial charge >= 0.3 is 0 Å². The number of benzene rings is 3. The van der Waals surface area contributed by atoms with Crippen molar-refractivity contribution in [1.82, 2.24) is 4.90 Å². The molecule has 5 nitrogen and oxygen atoms in total. The van der Waals surface area contributed by atoms with E-state index in [-0.39, 0.29) is 11.8 Å². The van der Waals surface area contributed by atoms with E-state index >= 15 is 0 Å². The molecule has 1 N–H and O–H groups in total. The SMILES string of the molecule is COc1ccc(C2=C(Nc3cc(C)ccc3C)C(=O)N(CCc3ccccc3)C2=O)cc1. The van der Waals surface area contributed by atoms with Gasteiger partial charge in [-0.25, -0.2) is 0 Å². The highest BCUT2D eigenvalue weighted by atomic mass is 16.5. The first-order valence-corrected chi connectivity index (χ1v) is 10.6. The summed E-state index contributed by atoms with van der Waals surface area (Å²) in [5.41, 5.74) is 5.34. The fourth-order valence-electron chi connectivity index (χ4n) is 3.81. The molecular weight excluding hydrogens is 400 g/mol. The van der Waals surface area contributed by atoms with Crippen molar-refractivity contribution in [3.63, 3.8) is 0 Å². The lowest BCUT2D eigenvalue weighted by molar-refractivity contribution is -0.136. The van der Waals surface area contributed by atoms with Gasteiger partial charge in [-0.1, -0.05) is 54.6 Å². The molecular formula is C27H26N2O3. The molecule has 0 aromatic heterocycles. The number of carbonyl (C=O) groups is 2. The lowest BCUT2D eigenvalue weighted by atomic mass is 10.0. The highest BCUT2D eigenvalue weighted by Crippen LogP contribution is 2.32. The summed E-state index contributed by atoms with van der Waals surface area (Å²) in [5, 5.41) is 3.27. The first-order chi connectivity index (χ1) is 15.5. The van der Waals surface area contributed by atoms with Crippen molar-refractivity contribution in [2.75, 3.05) is 19.0 Å². The van der Waals surface area contributed by atoms with Crippen molar-refractivity contribution in [3.05, 3.63) is 101 Å². The molecule has 0 bridgehead atoms. The monoisotopic (exact) mass is 426 g/mol. The zero-order valence-electron chi connectivity index (χ0n) is 18.5. The third kappa shape index (κ3) is 4.28. The van der Waals surface area contributed by atoms with Crippen LogP contribution in [0.25, 0.3) is 5.57 Å². The van der Waals surface area contributed by atoms with Crippen molar-refractivity contribution in [2.24, 2.45) is 0 Å². The van der Waals surface area contributed by atoms with E-state index in [0.717, 1.165) is 22.4 Å². The Morgan fingerprint density at radius 1 is 0.875 bits per heavy atom. The zero-order valence-corrected chi connectivity index (χ0v) is 18.5. The predicted molar refractivity (Wildman–Crippen MR) is 126 cm³/mol. The second-order valence-corrected chi connectivity index (χ2v) is 7.92. The van der Waals surface area contributed by atoms with Gasteiger partial charge in [-0.3, -0.25) is 14.5 Å². The number of hydrogen-bond acceptors (Lipinski definition) is 4. The Hall–Kier alpha value is -3.86. The van der Waals surface area contributed by atoms with Gasteiger partial charge in [0.15, 0.2) is 0 Å². The van der Waals surface area contributed by atoms with Crippen LogP contribution in [0.1, 0.15) is 22.3 Å². The number of aryl methyl sites for hydroxylation is 2. The van der Waals surface area contributed by atoms with Crippen LogP contribution < -0.4 is 10.1 Å². The Bertz CT molecular complexity index is 1180. The Kier molecular flexibility index (Phi) is 6.08. The van der Waals surface area contributed by atoms with Crippen LogP contribution in [0.5, 0.6) is 5.75 Å². The summed E-state index contributed by atoms with van der Waals surface area (Å²) in [4.78, 5) is 28.2. The molecule has 162 valence electrons. The predicted octanol–water partition coefficient (Wildman–Crippen LogP) is 4.75. The highest BCUT2D eigenvalue weighted by Gasteiger charge is 2.39. The summed E-state index contributed by atoms with van der Waals surface area (Å²) in [5.74, 6) is 0.0950. The molecule has 4 rings (SSSR count). The molecule has 0 radical (unpaired) electrons. The molecule has 1 aliphatic heterocycles. The number of nitrogens with one attached hydrogen (secondary N) is 1. The number of ether oxygens (including phenoxy) is 1. The van der Waals surface area contributed by atoms with Gasteiger partial charge in [0.1, 0.15) is 11.4 Å². The van der Waals surface area contributed by atoms with Crippen molar-refractivity contribution in [2.45, 2.75) is 20.3 Å². The number of hydrogen-bond donors (Lipinski definition) is 1. The number of carbonyl (C=O) groups excluding carboxylic acids is 2. The molecule has 32 heavy (non-hydrogen) atoms. The topological polar surface area (TPSA) is 58.6 Å². The van der Waals surface area contributed by atoms with Gasteiger partial charge in [-0.05, 0) is 60.7 Å². The Morgan fingerprint density at radius 2 is 1.59 bits per heavy atom. The minimum Gasteiger partial charge on any atom is -0.497 e. The van der Waals surface area contributed by atoms with E-state index in [9.17, 15) is 9.59 Å². The van der Waals surface area contributed by atoms with Gasteiger partial charge in [0, 0.05) is 12.2 Å². The minimum absolute atomic E-state index is 0.288. The van der Waals surface area contributed by atoms with Crippen LogP contribution in [0.4, 0.5) is 5.69 Å². The first-order valence-electron chi connectivity index (χ1n) is 10.6. The van der Waals surface area contributed by atoms with E-state index in [1.165, 1.54) is 4.90 Å². The summed E-state index contributed by atoms with van der Waals surface area (Å²) in [6.45, 7) is 4.29. The lowest BCUT2D eigenvalue weighted by Crippen LogP contribution is -2.34. The van der Waals surface area contributed by atoms with Crippen molar-refractivity contribution in [3.8, 4) is 5.75 Å². The molecule has 0 spiro atoms. The summed E-state index contributed by atoms with van der Waals surface area (Å²) in [7, 11) is 1.59. The fraction of sp³-hybridized carbons (Fsp3) is 0.185. The number of anilines is 1. The second kappa shape index (κ2) is 9.10. The minimum atomic E-state index is -0.308. The van der Waals surface area contributed by atoms with Gasteiger partial charge < -0.3 is 10.1 Å². The lowest BCUT2D eigenvalue weighted by Gasteiger charge is -2.16. The van der Waals surface area contributed by atoms with Crippen LogP contribution in [0.3, 0.4) is 0 Å². The van der Waals surface area contributed by atoms with Crippen LogP contribution in [0, 0.1) is 13.8 Å². The standard InChI is InChI=1S/C27H26N2O3/c1-18-9-10-19(2)23(17-18)28-25-24(21-11-13-22(32-3)14-12-21)26(30)29(27(25)31)16-15-20-7-5-4-6-8-20/h4-14,17,28H,15-16H2,1-3H3. The Morgan fingerprint density at radius 3 is 2.28 bits per heavy atom. The van der Waals surface area contributed by atoms with Gasteiger partial charge in [0.25, 0.3) is 11.8 Å². The van der Waals surface area contributed by atoms with Crippen molar-refractivity contribution >= 4 is 23.1 Å². The summed E-state index contributed by atoms with van der Waals surface area (Å²) < 4.78 is 5.25. The molecule has 3 aromatic rings. The van der Waals surface area contributed by atoms with Gasteiger partial charge in [-0.2, -0.15) is 0 Å². The van der Waals surface area contributed by atoms with Gasteiger partial charge in [-0.15, -0.1) is 0 Å². The second-order valence-electron chi connectivity index (χ2n) is 7.92. The van der Waals surface area contributed by atoms with E-state index in [0.29, 0.717) is 35.5 Å². The summed E-state index contributed by atoms with van der Waals surface area (Å²) in [6.07, 6.45) is 0.602. The molecule has 3 aromatic carbocycles. The molecule has 0 atom stereocenters. The molecule has 1 heterocycles.